The van der Waals surface area contributed by atoms with Crippen molar-refractivity contribution in [1.29, 1.82) is 0 Å². The first-order valence-corrected chi connectivity index (χ1v) is 8.37. The summed E-state index contributed by atoms with van der Waals surface area (Å²) in [5.74, 6) is -1.14. The van der Waals surface area contributed by atoms with Crippen molar-refractivity contribution in [2.24, 2.45) is 5.92 Å². The van der Waals surface area contributed by atoms with Gasteiger partial charge in [-0.1, -0.05) is 11.8 Å². The molecule has 3 aliphatic heterocycles. The molecule has 0 spiro atoms. The summed E-state index contributed by atoms with van der Waals surface area (Å²) in [5.41, 5.74) is -0.434. The number of carboxylic acids is 1. The summed E-state index contributed by atoms with van der Waals surface area (Å²) >= 11 is 1.28. The van der Waals surface area contributed by atoms with Gasteiger partial charge in [-0.2, -0.15) is 0 Å². The summed E-state index contributed by atoms with van der Waals surface area (Å²) in [7, 11) is 0. The van der Waals surface area contributed by atoms with Crippen LogP contribution in [0, 0.1) is 5.92 Å². The van der Waals surface area contributed by atoms with Crippen LogP contribution in [0.5, 0.6) is 0 Å². The van der Waals surface area contributed by atoms with Crippen LogP contribution in [0.15, 0.2) is 22.2 Å². The van der Waals surface area contributed by atoms with Gasteiger partial charge in [-0.05, 0) is 12.3 Å². The summed E-state index contributed by atoms with van der Waals surface area (Å²) < 4.78 is 10.2. The van der Waals surface area contributed by atoms with Gasteiger partial charge in [0.05, 0.1) is 0 Å². The third kappa shape index (κ3) is 3.84. The fraction of sp³-hybridized carbons (Fsp3) is 0.533. The zero-order valence-electron chi connectivity index (χ0n) is 13.3. The number of cyclic esters (lactones) is 2. The van der Waals surface area contributed by atoms with E-state index >= 15 is 0 Å². The fourth-order valence-electron chi connectivity index (χ4n) is 3.35. The molecular weight excluding hydrogens is 359 g/mol. The van der Waals surface area contributed by atoms with E-state index in [0.717, 1.165) is 4.91 Å². The Kier molecular flexibility index (Phi) is 6.13. The molecule has 0 radical (unpaired) electrons. The normalized spacial score (nSPS) is 30.3. The van der Waals surface area contributed by atoms with Gasteiger partial charge in [0, 0.05) is 43.0 Å². The molecule has 0 aliphatic carbocycles. The third-order valence-corrected chi connectivity index (χ3v) is 5.47. The number of rotatable bonds is 5. The Morgan fingerprint density at radius 1 is 1.48 bits per heavy atom. The molecule has 0 aromatic rings. The van der Waals surface area contributed by atoms with Crippen LogP contribution >= 0.6 is 11.8 Å². The standard InChI is InChI=1S/C15H18N2O6S.Na.H/c1-8(18)16-3-4-24-11-5-10-9(6-17(10)12(11)13(19)20)15(2)7-22-14(21)23-15;;/h3-4,9-10H,5-7H2,1-2H3,(H,16,18)(H,19,20);;. The zero-order valence-corrected chi connectivity index (χ0v) is 14.1. The number of fused-ring (bicyclic) bond motifs is 1. The van der Waals surface area contributed by atoms with Crippen LogP contribution in [0.1, 0.15) is 20.3 Å². The molecule has 1 amide bonds. The van der Waals surface area contributed by atoms with Gasteiger partial charge >= 0.3 is 41.7 Å². The first-order chi connectivity index (χ1) is 11.3. The summed E-state index contributed by atoms with van der Waals surface area (Å²) in [4.78, 5) is 36.2. The topological polar surface area (TPSA) is 105 Å². The number of hydrogen-bond acceptors (Lipinski definition) is 7. The van der Waals surface area contributed by atoms with E-state index < -0.39 is 17.7 Å². The van der Waals surface area contributed by atoms with E-state index in [0.29, 0.717) is 13.0 Å². The molecule has 0 aromatic heterocycles. The summed E-state index contributed by atoms with van der Waals surface area (Å²) in [6.07, 6.45) is 1.38. The van der Waals surface area contributed by atoms with Crippen molar-refractivity contribution >= 4 is 59.4 Å². The average Bonchev–Trinajstić information content (AvgIpc) is 2.94. The number of hydrogen-bond donors (Lipinski definition) is 2. The van der Waals surface area contributed by atoms with Crippen LogP contribution in [0.25, 0.3) is 0 Å². The first-order valence-electron chi connectivity index (χ1n) is 7.49. The molecule has 3 heterocycles. The predicted octanol–water partition coefficient (Wildman–Crippen LogP) is 0.604. The van der Waals surface area contributed by atoms with Gasteiger partial charge in [0.15, 0.2) is 5.60 Å². The molecule has 8 nitrogen and oxygen atoms in total. The third-order valence-electron chi connectivity index (χ3n) is 4.55. The van der Waals surface area contributed by atoms with Gasteiger partial charge < -0.3 is 24.8 Å². The monoisotopic (exact) mass is 378 g/mol. The molecule has 0 bridgehead atoms. The SMILES string of the molecule is CC(=O)NC=CSC1=C(C(=O)O)N2CC(C3(C)COC(=O)O3)C2C1.[NaH]. The maximum absolute atomic E-state index is 11.6. The number of ether oxygens (including phenoxy) is 2. The van der Waals surface area contributed by atoms with Crippen LogP contribution in [-0.2, 0) is 19.1 Å². The van der Waals surface area contributed by atoms with Crippen molar-refractivity contribution in [2.75, 3.05) is 13.2 Å². The molecule has 0 saturated carbocycles. The Labute approximate surface area is 171 Å². The Balaban J connectivity index is 0.00000225. The van der Waals surface area contributed by atoms with Crippen LogP contribution in [0.4, 0.5) is 4.79 Å². The quantitative estimate of drug-likeness (QED) is 0.529. The van der Waals surface area contributed by atoms with E-state index in [1.807, 2.05) is 11.8 Å². The fourth-order valence-corrected chi connectivity index (χ4v) is 4.24. The Morgan fingerprint density at radius 3 is 2.76 bits per heavy atom. The zero-order chi connectivity index (χ0) is 17.5. The van der Waals surface area contributed by atoms with E-state index in [1.54, 1.807) is 5.41 Å². The van der Waals surface area contributed by atoms with E-state index in [1.165, 1.54) is 24.9 Å². The van der Waals surface area contributed by atoms with Gasteiger partial charge in [0.2, 0.25) is 5.91 Å². The van der Waals surface area contributed by atoms with Crippen LogP contribution < -0.4 is 5.32 Å². The molecule has 3 atom stereocenters. The van der Waals surface area contributed by atoms with Crippen LogP contribution in [0.3, 0.4) is 0 Å². The number of nitrogens with zero attached hydrogens (tertiary/aromatic N) is 1. The second-order valence-electron chi connectivity index (χ2n) is 6.18. The van der Waals surface area contributed by atoms with E-state index in [9.17, 15) is 19.5 Å². The minimum absolute atomic E-state index is 0. The second kappa shape index (κ2) is 7.61. The van der Waals surface area contributed by atoms with Crippen molar-refractivity contribution in [2.45, 2.75) is 31.9 Å². The molecular formula is C15H19N2NaO6S. The molecule has 2 fully saturated rings. The molecule has 3 unspecified atom stereocenters. The number of aliphatic carboxylic acids is 1. The molecule has 132 valence electrons. The molecule has 25 heavy (non-hydrogen) atoms. The van der Waals surface area contributed by atoms with E-state index in [2.05, 4.69) is 5.32 Å². The molecule has 0 aromatic carbocycles. The molecule has 10 heteroatoms. The number of carboxylic acid groups (broad SMARTS) is 1. The predicted molar refractivity (Wildman–Crippen MR) is 91.8 cm³/mol. The van der Waals surface area contributed by atoms with Gasteiger partial charge in [0.1, 0.15) is 12.3 Å². The summed E-state index contributed by atoms with van der Waals surface area (Å²) in [6.45, 7) is 3.92. The average molecular weight is 378 g/mol. The summed E-state index contributed by atoms with van der Waals surface area (Å²) in [5, 5.41) is 13.7. The van der Waals surface area contributed by atoms with Crippen molar-refractivity contribution in [3.8, 4) is 0 Å². The van der Waals surface area contributed by atoms with E-state index in [-0.39, 0.29) is 59.7 Å². The van der Waals surface area contributed by atoms with Gasteiger partial charge in [-0.25, -0.2) is 9.59 Å². The Morgan fingerprint density at radius 2 is 2.20 bits per heavy atom. The van der Waals surface area contributed by atoms with Crippen molar-refractivity contribution in [3.05, 3.63) is 22.2 Å². The molecule has 3 rings (SSSR count). The van der Waals surface area contributed by atoms with Gasteiger partial charge in [-0.15, -0.1) is 0 Å². The molecule has 2 N–H and O–H groups in total. The Bertz CT molecular complexity index is 666. The van der Waals surface area contributed by atoms with E-state index in [4.69, 9.17) is 9.47 Å². The number of thioether (sulfide) groups is 1. The maximum atomic E-state index is 11.6. The van der Waals surface area contributed by atoms with Gasteiger partial charge in [-0.3, -0.25) is 4.79 Å². The molecule has 3 aliphatic rings. The minimum atomic E-state index is -0.976. The van der Waals surface area contributed by atoms with Crippen molar-refractivity contribution in [3.63, 3.8) is 0 Å². The van der Waals surface area contributed by atoms with Crippen molar-refractivity contribution in [1.82, 2.24) is 10.2 Å². The Hall–Kier alpha value is -1.16. The number of amides is 1. The second-order valence-corrected chi connectivity index (χ2v) is 7.18. The first kappa shape index (κ1) is 20.2. The number of carbonyl (C=O) groups excluding carboxylic acids is 2. The number of nitrogens with one attached hydrogen (secondary N) is 1. The summed E-state index contributed by atoms with van der Waals surface area (Å²) in [6, 6.07) is -0.0210. The van der Waals surface area contributed by atoms with Crippen LogP contribution in [-0.4, -0.2) is 82.4 Å². The van der Waals surface area contributed by atoms with Crippen LogP contribution in [0.2, 0.25) is 0 Å². The van der Waals surface area contributed by atoms with Crippen molar-refractivity contribution < 1.29 is 29.0 Å². The number of carbonyl (C=O) groups is 3. The molecule has 2 saturated heterocycles. The van der Waals surface area contributed by atoms with Gasteiger partial charge in [0.25, 0.3) is 0 Å².